The second kappa shape index (κ2) is 7.21. The predicted octanol–water partition coefficient (Wildman–Crippen LogP) is 2.50. The van der Waals surface area contributed by atoms with E-state index in [9.17, 15) is 0 Å². The fourth-order valence-corrected chi connectivity index (χ4v) is 1.31. The maximum atomic E-state index is 5.47. The van der Waals surface area contributed by atoms with Crippen molar-refractivity contribution in [2.24, 2.45) is 0 Å². The van der Waals surface area contributed by atoms with Crippen molar-refractivity contribution in [3.63, 3.8) is 0 Å². The molecule has 15 heavy (non-hydrogen) atoms. The Kier molecular flexibility index (Phi) is 5.74. The van der Waals surface area contributed by atoms with Gasteiger partial charge in [-0.2, -0.15) is 0 Å². The van der Waals surface area contributed by atoms with Crippen LogP contribution in [0, 0.1) is 0 Å². The van der Waals surface area contributed by atoms with Crippen LogP contribution in [-0.2, 0) is 17.9 Å². The normalized spacial score (nSPS) is 10.2. The largest absolute Gasteiger partial charge is 0.376 e. The molecule has 0 saturated carbocycles. The Morgan fingerprint density at radius 2 is 1.93 bits per heavy atom. The first-order valence-corrected chi connectivity index (χ1v) is 5.28. The number of rotatable bonds is 7. The highest BCUT2D eigenvalue weighted by atomic mass is 16.5. The van der Waals surface area contributed by atoms with Gasteiger partial charge in [0, 0.05) is 6.54 Å². The number of hydrogen-bond donors (Lipinski definition) is 1. The van der Waals surface area contributed by atoms with Crippen molar-refractivity contribution in [3.8, 4) is 0 Å². The Balaban J connectivity index is 2.32. The number of nitrogens with one attached hydrogen (secondary N) is 1. The molecule has 0 aliphatic carbocycles. The molecule has 1 rings (SSSR count). The SMILES string of the molecule is C=CCCOCc1ccc(CNC)cc1. The second-order valence-corrected chi connectivity index (χ2v) is 3.48. The smallest absolute Gasteiger partial charge is 0.0717 e. The van der Waals surface area contributed by atoms with E-state index >= 15 is 0 Å². The van der Waals surface area contributed by atoms with Gasteiger partial charge in [-0.15, -0.1) is 6.58 Å². The highest BCUT2D eigenvalue weighted by molar-refractivity contribution is 5.21. The molecule has 0 radical (unpaired) electrons. The lowest BCUT2D eigenvalue weighted by atomic mass is 10.1. The quantitative estimate of drug-likeness (QED) is 0.545. The molecular formula is C13H19NO. The van der Waals surface area contributed by atoms with Gasteiger partial charge < -0.3 is 10.1 Å². The molecular weight excluding hydrogens is 186 g/mol. The van der Waals surface area contributed by atoms with E-state index in [4.69, 9.17) is 4.74 Å². The van der Waals surface area contributed by atoms with Gasteiger partial charge in [-0.05, 0) is 24.6 Å². The van der Waals surface area contributed by atoms with E-state index < -0.39 is 0 Å². The lowest BCUT2D eigenvalue weighted by molar-refractivity contribution is 0.125. The van der Waals surface area contributed by atoms with Crippen LogP contribution in [-0.4, -0.2) is 13.7 Å². The lowest BCUT2D eigenvalue weighted by Crippen LogP contribution is -2.04. The van der Waals surface area contributed by atoms with Crippen LogP contribution in [0.25, 0.3) is 0 Å². The predicted molar refractivity (Wildman–Crippen MR) is 63.7 cm³/mol. The van der Waals surface area contributed by atoms with Gasteiger partial charge in [-0.1, -0.05) is 30.3 Å². The second-order valence-electron chi connectivity index (χ2n) is 3.48. The molecule has 1 aromatic rings. The first-order chi connectivity index (χ1) is 7.36. The van der Waals surface area contributed by atoms with Gasteiger partial charge in [-0.3, -0.25) is 0 Å². The van der Waals surface area contributed by atoms with Crippen LogP contribution in [0.3, 0.4) is 0 Å². The van der Waals surface area contributed by atoms with Crippen LogP contribution in [0.2, 0.25) is 0 Å². The van der Waals surface area contributed by atoms with Crippen LogP contribution in [0.1, 0.15) is 17.5 Å². The van der Waals surface area contributed by atoms with E-state index in [1.165, 1.54) is 11.1 Å². The Hall–Kier alpha value is -1.12. The summed E-state index contributed by atoms with van der Waals surface area (Å²) in [5, 5.41) is 3.12. The van der Waals surface area contributed by atoms with E-state index in [2.05, 4.69) is 36.2 Å². The molecule has 0 aliphatic heterocycles. The molecule has 0 fully saturated rings. The summed E-state index contributed by atoms with van der Waals surface area (Å²) in [7, 11) is 1.95. The first kappa shape index (κ1) is 12.0. The van der Waals surface area contributed by atoms with E-state index in [0.717, 1.165) is 19.6 Å². The molecule has 0 aromatic heterocycles. The Labute approximate surface area is 92.0 Å². The molecule has 82 valence electrons. The molecule has 2 heteroatoms. The van der Waals surface area contributed by atoms with Crippen LogP contribution in [0.4, 0.5) is 0 Å². The maximum absolute atomic E-state index is 5.47. The zero-order valence-corrected chi connectivity index (χ0v) is 9.33. The van der Waals surface area contributed by atoms with Gasteiger partial charge in [0.1, 0.15) is 0 Å². The fourth-order valence-electron chi connectivity index (χ4n) is 1.31. The molecule has 0 bridgehead atoms. The van der Waals surface area contributed by atoms with Crippen LogP contribution in [0.5, 0.6) is 0 Å². The standard InChI is InChI=1S/C13H19NO/c1-3-4-9-15-11-13-7-5-12(6-8-13)10-14-2/h3,5-8,14H,1,4,9-11H2,2H3. The van der Waals surface area contributed by atoms with E-state index in [0.29, 0.717) is 6.61 Å². The molecule has 0 unspecified atom stereocenters. The third-order valence-corrected chi connectivity index (χ3v) is 2.14. The lowest BCUT2D eigenvalue weighted by Gasteiger charge is -2.04. The van der Waals surface area contributed by atoms with Crippen molar-refractivity contribution in [2.45, 2.75) is 19.6 Å². The average Bonchev–Trinajstić information content (AvgIpc) is 2.27. The molecule has 0 saturated heterocycles. The van der Waals surface area contributed by atoms with E-state index in [1.807, 2.05) is 13.1 Å². The summed E-state index contributed by atoms with van der Waals surface area (Å²) in [5.41, 5.74) is 2.52. The Bertz CT molecular complexity index is 279. The maximum Gasteiger partial charge on any atom is 0.0717 e. The Morgan fingerprint density at radius 1 is 1.27 bits per heavy atom. The van der Waals surface area contributed by atoms with Crippen LogP contribution in [0.15, 0.2) is 36.9 Å². The monoisotopic (exact) mass is 205 g/mol. The molecule has 0 amide bonds. The van der Waals surface area contributed by atoms with Gasteiger partial charge in [-0.25, -0.2) is 0 Å². The third kappa shape index (κ3) is 4.77. The molecule has 0 heterocycles. The number of ether oxygens (including phenoxy) is 1. The molecule has 1 aromatic carbocycles. The molecule has 2 nitrogen and oxygen atoms in total. The van der Waals surface area contributed by atoms with E-state index in [1.54, 1.807) is 0 Å². The van der Waals surface area contributed by atoms with Gasteiger partial charge in [0.15, 0.2) is 0 Å². The summed E-state index contributed by atoms with van der Waals surface area (Å²) in [4.78, 5) is 0. The molecule has 0 aliphatic rings. The zero-order valence-electron chi connectivity index (χ0n) is 9.33. The third-order valence-electron chi connectivity index (χ3n) is 2.14. The topological polar surface area (TPSA) is 21.3 Å². The zero-order chi connectivity index (χ0) is 10.9. The highest BCUT2D eigenvalue weighted by Gasteiger charge is 1.94. The first-order valence-electron chi connectivity index (χ1n) is 5.28. The van der Waals surface area contributed by atoms with Crippen molar-refractivity contribution in [2.75, 3.05) is 13.7 Å². The van der Waals surface area contributed by atoms with E-state index in [-0.39, 0.29) is 0 Å². The van der Waals surface area contributed by atoms with Crippen molar-refractivity contribution in [3.05, 3.63) is 48.0 Å². The van der Waals surface area contributed by atoms with Gasteiger partial charge in [0.05, 0.1) is 13.2 Å². The molecule has 0 atom stereocenters. The van der Waals surface area contributed by atoms with Gasteiger partial charge in [0.2, 0.25) is 0 Å². The minimum Gasteiger partial charge on any atom is -0.376 e. The van der Waals surface area contributed by atoms with Crippen molar-refractivity contribution < 1.29 is 4.74 Å². The molecule has 1 N–H and O–H groups in total. The van der Waals surface area contributed by atoms with Crippen LogP contribution >= 0.6 is 0 Å². The molecule has 0 spiro atoms. The summed E-state index contributed by atoms with van der Waals surface area (Å²) in [6, 6.07) is 8.48. The number of hydrogen-bond acceptors (Lipinski definition) is 2. The van der Waals surface area contributed by atoms with Crippen LogP contribution < -0.4 is 5.32 Å². The van der Waals surface area contributed by atoms with Gasteiger partial charge >= 0.3 is 0 Å². The summed E-state index contributed by atoms with van der Waals surface area (Å²) in [6.45, 7) is 6.00. The van der Waals surface area contributed by atoms with Crippen molar-refractivity contribution in [1.82, 2.24) is 5.32 Å². The summed E-state index contributed by atoms with van der Waals surface area (Å²) >= 11 is 0. The van der Waals surface area contributed by atoms with Crippen molar-refractivity contribution >= 4 is 0 Å². The van der Waals surface area contributed by atoms with Crippen molar-refractivity contribution in [1.29, 1.82) is 0 Å². The Morgan fingerprint density at radius 3 is 2.53 bits per heavy atom. The number of benzene rings is 1. The summed E-state index contributed by atoms with van der Waals surface area (Å²) < 4.78 is 5.47. The summed E-state index contributed by atoms with van der Waals surface area (Å²) in [5.74, 6) is 0. The minimum atomic E-state index is 0.688. The van der Waals surface area contributed by atoms with Gasteiger partial charge in [0.25, 0.3) is 0 Å². The highest BCUT2D eigenvalue weighted by Crippen LogP contribution is 2.05. The average molecular weight is 205 g/mol. The minimum absolute atomic E-state index is 0.688. The summed E-state index contributed by atoms with van der Waals surface area (Å²) in [6.07, 6.45) is 2.79. The fraction of sp³-hybridized carbons (Fsp3) is 0.385.